The van der Waals surface area contributed by atoms with Crippen LogP contribution in [0, 0.1) is 5.92 Å². The molecule has 0 aliphatic carbocycles. The second kappa shape index (κ2) is 6.06. The van der Waals surface area contributed by atoms with Crippen molar-refractivity contribution in [1.82, 2.24) is 25.5 Å². The van der Waals surface area contributed by atoms with Crippen LogP contribution >= 0.6 is 0 Å². The molecule has 0 saturated carbocycles. The van der Waals surface area contributed by atoms with E-state index in [1.807, 2.05) is 0 Å². The Morgan fingerprint density at radius 3 is 2.72 bits per heavy atom. The van der Waals surface area contributed by atoms with E-state index in [-0.39, 0.29) is 0 Å². The summed E-state index contributed by atoms with van der Waals surface area (Å²) in [6.45, 7) is 5.75. The highest BCUT2D eigenvalue weighted by Gasteiger charge is 2.06. The van der Waals surface area contributed by atoms with Crippen LogP contribution in [-0.4, -0.2) is 26.7 Å². The van der Waals surface area contributed by atoms with Crippen molar-refractivity contribution in [2.45, 2.75) is 20.4 Å². The number of rotatable bonds is 6. The van der Waals surface area contributed by atoms with Gasteiger partial charge in [-0.1, -0.05) is 18.9 Å². The standard InChI is InChI=1S/C11H16N6O/c1-8(2)6-12-7-9-16-17-11(18-9)15-10-13-4-3-5-14-10/h3-5,8,12H,6-7H2,1-2H3,(H,13,14,15,17). The summed E-state index contributed by atoms with van der Waals surface area (Å²) < 4.78 is 5.39. The molecule has 2 heterocycles. The zero-order chi connectivity index (χ0) is 12.8. The average Bonchev–Trinajstić information content (AvgIpc) is 2.78. The Balaban J connectivity index is 1.86. The minimum Gasteiger partial charge on any atom is -0.406 e. The molecule has 18 heavy (non-hydrogen) atoms. The summed E-state index contributed by atoms with van der Waals surface area (Å²) in [5.41, 5.74) is 0. The Bertz CT molecular complexity index is 469. The highest BCUT2D eigenvalue weighted by Crippen LogP contribution is 2.09. The van der Waals surface area contributed by atoms with Crippen LogP contribution in [-0.2, 0) is 6.54 Å². The fraction of sp³-hybridized carbons (Fsp3) is 0.455. The number of hydrogen-bond acceptors (Lipinski definition) is 7. The fourth-order valence-corrected chi connectivity index (χ4v) is 1.30. The molecule has 0 saturated heterocycles. The second-order valence-electron chi connectivity index (χ2n) is 4.22. The van der Waals surface area contributed by atoms with E-state index in [2.05, 4.69) is 44.6 Å². The van der Waals surface area contributed by atoms with Crippen LogP contribution in [0.5, 0.6) is 0 Å². The number of aromatic nitrogens is 4. The minimum absolute atomic E-state index is 0.294. The monoisotopic (exact) mass is 248 g/mol. The molecule has 0 aliphatic heterocycles. The Hall–Kier alpha value is -2.02. The zero-order valence-corrected chi connectivity index (χ0v) is 10.4. The Morgan fingerprint density at radius 1 is 1.22 bits per heavy atom. The van der Waals surface area contributed by atoms with Gasteiger partial charge in [-0.3, -0.25) is 5.32 Å². The first-order chi connectivity index (χ1) is 8.74. The van der Waals surface area contributed by atoms with E-state index in [1.165, 1.54) is 0 Å². The van der Waals surface area contributed by atoms with Gasteiger partial charge in [0.05, 0.1) is 6.54 Å². The fourth-order valence-electron chi connectivity index (χ4n) is 1.30. The van der Waals surface area contributed by atoms with E-state index in [0.29, 0.717) is 30.3 Å². The summed E-state index contributed by atoms with van der Waals surface area (Å²) in [4.78, 5) is 8.01. The first-order valence-corrected chi connectivity index (χ1v) is 5.81. The molecule has 96 valence electrons. The van der Waals surface area contributed by atoms with E-state index in [9.17, 15) is 0 Å². The smallest absolute Gasteiger partial charge is 0.322 e. The quantitative estimate of drug-likeness (QED) is 0.797. The molecule has 0 radical (unpaired) electrons. The van der Waals surface area contributed by atoms with Crippen molar-refractivity contribution in [3.05, 3.63) is 24.4 Å². The molecule has 0 fully saturated rings. The summed E-state index contributed by atoms with van der Waals surface area (Å²) in [7, 11) is 0. The molecule has 0 aromatic carbocycles. The first kappa shape index (κ1) is 12.4. The van der Waals surface area contributed by atoms with Crippen molar-refractivity contribution in [2.24, 2.45) is 5.92 Å². The van der Waals surface area contributed by atoms with Gasteiger partial charge in [0.25, 0.3) is 0 Å². The van der Waals surface area contributed by atoms with E-state index in [4.69, 9.17) is 4.42 Å². The Labute approximate surface area is 105 Å². The van der Waals surface area contributed by atoms with Gasteiger partial charge in [0.2, 0.25) is 11.8 Å². The van der Waals surface area contributed by atoms with E-state index in [1.54, 1.807) is 18.5 Å². The van der Waals surface area contributed by atoms with E-state index < -0.39 is 0 Å². The first-order valence-electron chi connectivity index (χ1n) is 5.81. The van der Waals surface area contributed by atoms with Crippen molar-refractivity contribution in [3.63, 3.8) is 0 Å². The summed E-state index contributed by atoms with van der Waals surface area (Å²) in [6, 6.07) is 2.03. The molecular formula is C11H16N6O. The summed E-state index contributed by atoms with van der Waals surface area (Å²) >= 11 is 0. The van der Waals surface area contributed by atoms with Gasteiger partial charge >= 0.3 is 6.01 Å². The maximum absolute atomic E-state index is 5.39. The maximum Gasteiger partial charge on any atom is 0.322 e. The summed E-state index contributed by atoms with van der Waals surface area (Å²) in [5.74, 6) is 1.56. The molecule has 0 amide bonds. The molecule has 0 spiro atoms. The molecule has 2 rings (SSSR count). The van der Waals surface area contributed by atoms with Crippen LogP contribution in [0.2, 0.25) is 0 Å². The molecule has 0 bridgehead atoms. The number of anilines is 2. The highest BCUT2D eigenvalue weighted by molar-refractivity contribution is 5.38. The molecule has 0 aliphatic rings. The molecular weight excluding hydrogens is 232 g/mol. The lowest BCUT2D eigenvalue weighted by Crippen LogP contribution is -2.19. The van der Waals surface area contributed by atoms with Crippen LogP contribution in [0.1, 0.15) is 19.7 Å². The largest absolute Gasteiger partial charge is 0.406 e. The highest BCUT2D eigenvalue weighted by atomic mass is 16.4. The zero-order valence-electron chi connectivity index (χ0n) is 10.4. The van der Waals surface area contributed by atoms with Gasteiger partial charge in [-0.05, 0) is 18.5 Å². The molecule has 7 heteroatoms. The molecule has 0 unspecified atom stereocenters. The molecule has 7 nitrogen and oxygen atoms in total. The van der Waals surface area contributed by atoms with Gasteiger partial charge in [-0.25, -0.2) is 9.97 Å². The van der Waals surface area contributed by atoms with E-state index in [0.717, 1.165) is 6.54 Å². The summed E-state index contributed by atoms with van der Waals surface area (Å²) in [6.07, 6.45) is 3.27. The number of nitrogens with one attached hydrogen (secondary N) is 2. The third-order valence-electron chi connectivity index (χ3n) is 2.08. The van der Waals surface area contributed by atoms with Crippen LogP contribution < -0.4 is 10.6 Å². The summed E-state index contributed by atoms with van der Waals surface area (Å²) in [5, 5.41) is 13.8. The normalized spacial score (nSPS) is 10.8. The lowest BCUT2D eigenvalue weighted by atomic mass is 10.2. The maximum atomic E-state index is 5.39. The lowest BCUT2D eigenvalue weighted by Gasteiger charge is -2.03. The second-order valence-corrected chi connectivity index (χ2v) is 4.22. The average molecular weight is 248 g/mol. The van der Waals surface area contributed by atoms with Crippen molar-refractivity contribution in [3.8, 4) is 0 Å². The molecule has 2 N–H and O–H groups in total. The number of hydrogen-bond donors (Lipinski definition) is 2. The topological polar surface area (TPSA) is 88.8 Å². The lowest BCUT2D eigenvalue weighted by molar-refractivity contribution is 0.460. The van der Waals surface area contributed by atoms with Gasteiger partial charge in [0.1, 0.15) is 0 Å². The third-order valence-corrected chi connectivity index (χ3v) is 2.08. The molecule has 0 atom stereocenters. The van der Waals surface area contributed by atoms with Crippen LogP contribution in [0.15, 0.2) is 22.9 Å². The van der Waals surface area contributed by atoms with Crippen LogP contribution in [0.4, 0.5) is 12.0 Å². The van der Waals surface area contributed by atoms with Crippen LogP contribution in [0.3, 0.4) is 0 Å². The third kappa shape index (κ3) is 3.77. The molecule has 2 aromatic heterocycles. The Morgan fingerprint density at radius 2 is 2.00 bits per heavy atom. The minimum atomic E-state index is 0.294. The predicted octanol–water partition coefficient (Wildman–Crippen LogP) is 1.35. The predicted molar refractivity (Wildman–Crippen MR) is 66.2 cm³/mol. The van der Waals surface area contributed by atoms with E-state index >= 15 is 0 Å². The van der Waals surface area contributed by atoms with Gasteiger partial charge in [-0.2, -0.15) is 0 Å². The van der Waals surface area contributed by atoms with Gasteiger partial charge in [-0.15, -0.1) is 5.10 Å². The van der Waals surface area contributed by atoms with Gasteiger partial charge in [0.15, 0.2) is 0 Å². The van der Waals surface area contributed by atoms with Crippen LogP contribution in [0.25, 0.3) is 0 Å². The van der Waals surface area contributed by atoms with Gasteiger partial charge in [0, 0.05) is 12.4 Å². The van der Waals surface area contributed by atoms with Crippen molar-refractivity contribution < 1.29 is 4.42 Å². The Kier molecular flexibility index (Phi) is 4.19. The van der Waals surface area contributed by atoms with Crippen molar-refractivity contribution >= 4 is 12.0 Å². The van der Waals surface area contributed by atoms with Gasteiger partial charge < -0.3 is 9.73 Å². The van der Waals surface area contributed by atoms with Crippen molar-refractivity contribution in [2.75, 3.05) is 11.9 Å². The molecule has 2 aromatic rings. The number of nitrogens with zero attached hydrogens (tertiary/aromatic N) is 4. The van der Waals surface area contributed by atoms with Crippen molar-refractivity contribution in [1.29, 1.82) is 0 Å². The SMILES string of the molecule is CC(C)CNCc1nnc(Nc2ncccn2)o1.